The molecule has 7 rings (SSSR count). The zero-order valence-corrected chi connectivity index (χ0v) is 20.6. The van der Waals surface area contributed by atoms with Crippen molar-refractivity contribution in [3.63, 3.8) is 0 Å². The van der Waals surface area contributed by atoms with Crippen molar-refractivity contribution in [2.24, 2.45) is 5.92 Å². The number of amides is 1. The van der Waals surface area contributed by atoms with Gasteiger partial charge in [0.2, 0.25) is 0 Å². The number of hydrogen-bond acceptors (Lipinski definition) is 3. The van der Waals surface area contributed by atoms with Crippen LogP contribution in [0.25, 0.3) is 11.1 Å². The number of anilines is 1. The predicted molar refractivity (Wildman–Crippen MR) is 135 cm³/mol. The number of fused-ring (bicyclic) bond motifs is 7. The topological polar surface area (TPSA) is 50.4 Å². The maximum atomic E-state index is 16.4. The highest BCUT2D eigenvalue weighted by atomic mass is 35.5. The first-order chi connectivity index (χ1) is 17.4. The van der Waals surface area contributed by atoms with Gasteiger partial charge in [-0.15, -0.1) is 0 Å². The summed E-state index contributed by atoms with van der Waals surface area (Å²) in [5.41, 5.74) is 3.15. The summed E-state index contributed by atoms with van der Waals surface area (Å²) in [7, 11) is 0. The average Bonchev–Trinajstić information content (AvgIpc) is 3.59. The summed E-state index contributed by atoms with van der Waals surface area (Å²) in [5.74, 6) is -1.00. The van der Waals surface area contributed by atoms with E-state index >= 15 is 8.78 Å². The third kappa shape index (κ3) is 3.04. The molecule has 1 aliphatic carbocycles. The molecule has 0 spiro atoms. The van der Waals surface area contributed by atoms with E-state index in [1.54, 1.807) is 6.07 Å². The molecule has 4 nitrogen and oxygen atoms in total. The number of ether oxygens (including phenoxy) is 1. The Balaban J connectivity index is 1.57. The number of nitrogens with one attached hydrogen (secondary N) is 2. The minimum atomic E-state index is -0.836. The highest BCUT2D eigenvalue weighted by Crippen LogP contribution is 2.53. The van der Waals surface area contributed by atoms with Crippen LogP contribution in [0.4, 0.5) is 14.5 Å². The molecule has 0 radical (unpaired) electrons. The number of carbonyl (C=O) groups excluding carboxylic acids is 1. The van der Waals surface area contributed by atoms with Crippen molar-refractivity contribution in [1.82, 2.24) is 5.32 Å². The van der Waals surface area contributed by atoms with Crippen molar-refractivity contribution >= 4 is 23.2 Å². The van der Waals surface area contributed by atoms with Gasteiger partial charge in [0.25, 0.3) is 5.91 Å². The van der Waals surface area contributed by atoms with Crippen LogP contribution in [0.5, 0.6) is 5.75 Å². The molecular weight excluding hydrogens is 482 g/mol. The summed E-state index contributed by atoms with van der Waals surface area (Å²) < 4.78 is 38.4. The lowest BCUT2D eigenvalue weighted by atomic mass is 9.80. The van der Waals surface area contributed by atoms with Crippen LogP contribution >= 0.6 is 11.6 Å². The van der Waals surface area contributed by atoms with Crippen LogP contribution in [0.15, 0.2) is 36.4 Å². The fraction of sp³-hybridized carbons (Fsp3) is 0.345. The van der Waals surface area contributed by atoms with Crippen molar-refractivity contribution < 1.29 is 18.3 Å². The SMILES string of the molecule is C[C@H]1Cc2cc3c(c(F)c2C1)-c1c(Cl)c(F)cc2c1C[C@]([C@@H]1CCCN1)(O2)c1cccc(c1)NC3=O. The van der Waals surface area contributed by atoms with Crippen LogP contribution in [0.2, 0.25) is 5.02 Å². The Hall–Kier alpha value is -2.96. The first-order valence-corrected chi connectivity index (χ1v) is 12.9. The van der Waals surface area contributed by atoms with Crippen molar-refractivity contribution in [3.8, 4) is 16.9 Å². The lowest BCUT2D eigenvalue weighted by Crippen LogP contribution is -2.49. The summed E-state index contributed by atoms with van der Waals surface area (Å²) in [4.78, 5) is 13.7. The molecule has 4 aliphatic rings. The van der Waals surface area contributed by atoms with Gasteiger partial charge in [-0.05, 0) is 73.0 Å². The molecule has 0 unspecified atom stereocenters. The zero-order chi connectivity index (χ0) is 24.8. The van der Waals surface area contributed by atoms with Gasteiger partial charge in [0.05, 0.1) is 16.6 Å². The lowest BCUT2D eigenvalue weighted by Gasteiger charge is -2.35. The van der Waals surface area contributed by atoms with Crippen LogP contribution in [0.3, 0.4) is 0 Å². The van der Waals surface area contributed by atoms with Gasteiger partial charge in [-0.1, -0.05) is 30.7 Å². The Morgan fingerprint density at radius 2 is 1.97 bits per heavy atom. The molecule has 3 heterocycles. The van der Waals surface area contributed by atoms with Gasteiger partial charge in [0.1, 0.15) is 17.4 Å². The van der Waals surface area contributed by atoms with E-state index in [0.717, 1.165) is 30.5 Å². The Morgan fingerprint density at radius 1 is 1.11 bits per heavy atom. The number of hydrogen-bond donors (Lipinski definition) is 2. The molecule has 36 heavy (non-hydrogen) atoms. The maximum absolute atomic E-state index is 16.4. The second-order valence-corrected chi connectivity index (χ2v) is 11.0. The van der Waals surface area contributed by atoms with E-state index in [1.165, 1.54) is 6.07 Å². The lowest BCUT2D eigenvalue weighted by molar-refractivity contribution is 0.0539. The van der Waals surface area contributed by atoms with Crippen LogP contribution in [0.1, 0.15) is 52.4 Å². The van der Waals surface area contributed by atoms with Gasteiger partial charge in [-0.25, -0.2) is 8.78 Å². The molecule has 3 atom stereocenters. The Kier molecular flexibility index (Phi) is 4.80. The molecule has 1 saturated heterocycles. The second kappa shape index (κ2) is 7.77. The predicted octanol–water partition coefficient (Wildman–Crippen LogP) is 6.17. The molecule has 184 valence electrons. The minimum Gasteiger partial charge on any atom is -0.480 e. The molecule has 1 amide bonds. The first-order valence-electron chi connectivity index (χ1n) is 12.6. The van der Waals surface area contributed by atoms with E-state index in [2.05, 4.69) is 17.6 Å². The number of benzene rings is 3. The smallest absolute Gasteiger partial charge is 0.256 e. The summed E-state index contributed by atoms with van der Waals surface area (Å²) in [6.45, 7) is 2.92. The monoisotopic (exact) mass is 506 g/mol. The van der Waals surface area contributed by atoms with Gasteiger partial charge in [0.15, 0.2) is 5.60 Å². The standard InChI is InChI=1S/C29H25ClF2N2O2/c1-14-8-15-10-19-25(27(32)18(15)9-14)24-20-13-29(23-6-3-7-33-23,36-22(20)12-21(31)26(24)30)16-4-2-5-17(11-16)34-28(19)35/h2,4-5,10-12,14,23,33H,3,6-9,13H2,1H3,(H,34,35)/t14-,23-,29-/m0/s1. The van der Waals surface area contributed by atoms with E-state index in [1.807, 2.05) is 24.3 Å². The van der Waals surface area contributed by atoms with E-state index < -0.39 is 23.1 Å². The van der Waals surface area contributed by atoms with Crippen molar-refractivity contribution in [3.05, 3.63) is 80.9 Å². The van der Waals surface area contributed by atoms with Gasteiger partial charge in [-0.2, -0.15) is 0 Å². The largest absolute Gasteiger partial charge is 0.480 e. The summed E-state index contributed by atoms with van der Waals surface area (Å²) in [6.07, 6.45) is 3.52. The summed E-state index contributed by atoms with van der Waals surface area (Å²) >= 11 is 6.62. The number of carbonyl (C=O) groups is 1. The van der Waals surface area contributed by atoms with Crippen molar-refractivity contribution in [2.75, 3.05) is 11.9 Å². The first kappa shape index (κ1) is 22.3. The van der Waals surface area contributed by atoms with E-state index in [9.17, 15) is 4.79 Å². The zero-order valence-electron chi connectivity index (χ0n) is 19.8. The van der Waals surface area contributed by atoms with E-state index in [-0.39, 0.29) is 33.7 Å². The quantitative estimate of drug-likeness (QED) is 0.415. The minimum absolute atomic E-state index is 0.0310. The van der Waals surface area contributed by atoms with Crippen LogP contribution in [-0.4, -0.2) is 18.5 Å². The Morgan fingerprint density at radius 3 is 2.78 bits per heavy atom. The van der Waals surface area contributed by atoms with Crippen LogP contribution < -0.4 is 15.4 Å². The Bertz CT molecular complexity index is 1470. The van der Waals surface area contributed by atoms with Crippen molar-refractivity contribution in [2.45, 2.75) is 50.7 Å². The average molecular weight is 507 g/mol. The van der Waals surface area contributed by atoms with Gasteiger partial charge in [-0.3, -0.25) is 4.79 Å². The van der Waals surface area contributed by atoms with Gasteiger partial charge >= 0.3 is 0 Å². The summed E-state index contributed by atoms with van der Waals surface area (Å²) in [5, 5.41) is 6.34. The highest BCUT2D eigenvalue weighted by molar-refractivity contribution is 6.34. The number of rotatable bonds is 1. The van der Waals surface area contributed by atoms with Gasteiger partial charge in [0, 0.05) is 34.9 Å². The van der Waals surface area contributed by atoms with E-state index in [4.69, 9.17) is 16.3 Å². The summed E-state index contributed by atoms with van der Waals surface area (Å²) in [6, 6.07) is 10.6. The fourth-order valence-corrected chi connectivity index (χ4v) is 6.99. The van der Waals surface area contributed by atoms with Crippen molar-refractivity contribution in [1.29, 1.82) is 0 Å². The molecule has 3 aromatic carbocycles. The molecule has 3 aromatic rings. The third-order valence-corrected chi connectivity index (χ3v) is 8.70. The third-order valence-electron chi connectivity index (χ3n) is 8.33. The van der Waals surface area contributed by atoms with E-state index in [0.29, 0.717) is 41.8 Å². The van der Waals surface area contributed by atoms with Gasteiger partial charge < -0.3 is 15.4 Å². The van der Waals surface area contributed by atoms with Crippen LogP contribution in [-0.2, 0) is 24.9 Å². The molecule has 2 N–H and O–H groups in total. The second-order valence-electron chi connectivity index (χ2n) is 10.6. The molecule has 0 saturated carbocycles. The highest BCUT2D eigenvalue weighted by Gasteiger charge is 2.50. The Labute approximate surface area is 213 Å². The van der Waals surface area contributed by atoms with Crippen LogP contribution in [0, 0.1) is 17.6 Å². The fourth-order valence-electron chi connectivity index (χ4n) is 6.73. The number of halogens is 3. The molecule has 7 heteroatoms. The maximum Gasteiger partial charge on any atom is 0.256 e. The molecular formula is C29H25ClF2N2O2. The molecule has 4 bridgehead atoms. The molecule has 0 aromatic heterocycles. The molecule has 1 fully saturated rings. The molecule has 3 aliphatic heterocycles. The normalized spacial score (nSPS) is 25.6.